The SMILES string of the molecule is CC(Nc1ccc(Oc2ccc(C#N)cc2)cc1)C(=O)Nc1ccc(F)cc1Cl. The predicted molar refractivity (Wildman–Crippen MR) is 111 cm³/mol. The largest absolute Gasteiger partial charge is 0.457 e. The first-order chi connectivity index (χ1) is 13.9. The highest BCUT2D eigenvalue weighted by molar-refractivity contribution is 6.33. The number of halogens is 2. The van der Waals surface area contributed by atoms with E-state index in [1.54, 1.807) is 55.5 Å². The Bertz CT molecular complexity index is 1050. The van der Waals surface area contributed by atoms with Gasteiger partial charge in [-0.25, -0.2) is 4.39 Å². The maximum absolute atomic E-state index is 13.1. The summed E-state index contributed by atoms with van der Waals surface area (Å²) in [4.78, 5) is 12.3. The number of amides is 1. The third kappa shape index (κ3) is 5.47. The molecular formula is C22H17ClFN3O2. The monoisotopic (exact) mass is 409 g/mol. The molecule has 146 valence electrons. The van der Waals surface area contributed by atoms with Gasteiger partial charge in [0.25, 0.3) is 0 Å². The molecule has 1 atom stereocenters. The Kier molecular flexibility index (Phi) is 6.32. The first kappa shape index (κ1) is 20.2. The standard InChI is InChI=1S/C22H17ClFN3O2/c1-14(22(28)27-21-11-4-16(24)12-20(21)23)26-17-5-9-19(10-6-17)29-18-7-2-15(13-25)3-8-18/h2-12,14,26H,1H3,(H,27,28). The van der Waals surface area contributed by atoms with E-state index in [4.69, 9.17) is 21.6 Å². The van der Waals surface area contributed by atoms with Crippen LogP contribution in [0.15, 0.2) is 66.7 Å². The van der Waals surface area contributed by atoms with Crippen LogP contribution in [0.5, 0.6) is 11.5 Å². The summed E-state index contributed by atoms with van der Waals surface area (Å²) in [6.45, 7) is 1.70. The van der Waals surface area contributed by atoms with E-state index in [9.17, 15) is 9.18 Å². The molecule has 29 heavy (non-hydrogen) atoms. The molecule has 0 bridgehead atoms. The molecule has 7 heteroatoms. The van der Waals surface area contributed by atoms with Gasteiger partial charge in [0.2, 0.25) is 5.91 Å². The number of hydrogen-bond acceptors (Lipinski definition) is 4. The van der Waals surface area contributed by atoms with Crippen LogP contribution in [0.3, 0.4) is 0 Å². The number of carbonyl (C=O) groups is 1. The minimum Gasteiger partial charge on any atom is -0.457 e. The molecule has 0 aliphatic carbocycles. The molecule has 0 aliphatic heterocycles. The van der Waals surface area contributed by atoms with Gasteiger partial charge in [-0.2, -0.15) is 5.26 Å². The van der Waals surface area contributed by atoms with Crippen LogP contribution in [0.1, 0.15) is 12.5 Å². The molecule has 0 aliphatic rings. The number of nitrogens with one attached hydrogen (secondary N) is 2. The van der Waals surface area contributed by atoms with Gasteiger partial charge in [0.1, 0.15) is 23.4 Å². The van der Waals surface area contributed by atoms with E-state index in [-0.39, 0.29) is 10.9 Å². The van der Waals surface area contributed by atoms with Gasteiger partial charge < -0.3 is 15.4 Å². The minimum atomic E-state index is -0.554. The molecule has 0 saturated heterocycles. The van der Waals surface area contributed by atoms with Gasteiger partial charge >= 0.3 is 0 Å². The quantitative estimate of drug-likeness (QED) is 0.557. The first-order valence-electron chi connectivity index (χ1n) is 8.75. The fourth-order valence-electron chi connectivity index (χ4n) is 2.50. The number of nitriles is 1. The highest BCUT2D eigenvalue weighted by atomic mass is 35.5. The number of ether oxygens (including phenoxy) is 1. The van der Waals surface area contributed by atoms with Crippen LogP contribution in [0, 0.1) is 17.1 Å². The summed E-state index contributed by atoms with van der Waals surface area (Å²) < 4.78 is 18.8. The van der Waals surface area contributed by atoms with Crippen LogP contribution >= 0.6 is 11.6 Å². The number of carbonyl (C=O) groups excluding carboxylic acids is 1. The van der Waals surface area contributed by atoms with E-state index < -0.39 is 11.9 Å². The topological polar surface area (TPSA) is 74.1 Å². The molecule has 0 radical (unpaired) electrons. The molecule has 0 aromatic heterocycles. The molecule has 1 amide bonds. The van der Waals surface area contributed by atoms with Crippen LogP contribution in [0.25, 0.3) is 0 Å². The van der Waals surface area contributed by atoms with Gasteiger partial charge in [-0.1, -0.05) is 11.6 Å². The Morgan fingerprint density at radius 1 is 1.07 bits per heavy atom. The van der Waals surface area contributed by atoms with Gasteiger partial charge in [0.15, 0.2) is 0 Å². The molecule has 0 heterocycles. The van der Waals surface area contributed by atoms with Crippen molar-refractivity contribution in [1.82, 2.24) is 0 Å². The Labute approximate surface area is 172 Å². The second-order valence-corrected chi connectivity index (χ2v) is 6.65. The minimum absolute atomic E-state index is 0.134. The zero-order valence-corrected chi connectivity index (χ0v) is 16.2. The van der Waals surface area contributed by atoms with Crippen molar-refractivity contribution in [3.8, 4) is 17.6 Å². The van der Waals surface area contributed by atoms with E-state index in [1.165, 1.54) is 12.1 Å². The summed E-state index contributed by atoms with van der Waals surface area (Å²) in [6, 6.07) is 19.2. The highest BCUT2D eigenvalue weighted by Gasteiger charge is 2.14. The van der Waals surface area contributed by atoms with Crippen LogP contribution in [0.4, 0.5) is 15.8 Å². The second-order valence-electron chi connectivity index (χ2n) is 6.24. The average molecular weight is 410 g/mol. The second kappa shape index (κ2) is 9.09. The zero-order valence-electron chi connectivity index (χ0n) is 15.4. The van der Waals surface area contributed by atoms with Crippen LogP contribution in [-0.4, -0.2) is 11.9 Å². The average Bonchev–Trinajstić information content (AvgIpc) is 2.72. The van der Waals surface area contributed by atoms with Crippen molar-refractivity contribution in [2.75, 3.05) is 10.6 Å². The molecular weight excluding hydrogens is 393 g/mol. The summed E-state index contributed by atoms with van der Waals surface area (Å²) in [5.41, 5.74) is 1.63. The molecule has 0 spiro atoms. The van der Waals surface area contributed by atoms with Crippen molar-refractivity contribution in [3.63, 3.8) is 0 Å². The van der Waals surface area contributed by atoms with E-state index in [1.807, 2.05) is 0 Å². The molecule has 5 nitrogen and oxygen atoms in total. The third-order valence-electron chi connectivity index (χ3n) is 4.04. The summed E-state index contributed by atoms with van der Waals surface area (Å²) in [5, 5.41) is 14.7. The lowest BCUT2D eigenvalue weighted by molar-refractivity contribution is -0.116. The number of benzene rings is 3. The van der Waals surface area contributed by atoms with Crippen molar-refractivity contribution >= 4 is 28.9 Å². The van der Waals surface area contributed by atoms with Gasteiger partial charge in [-0.15, -0.1) is 0 Å². The van der Waals surface area contributed by atoms with Crippen molar-refractivity contribution in [1.29, 1.82) is 5.26 Å². The fourth-order valence-corrected chi connectivity index (χ4v) is 2.71. The van der Waals surface area contributed by atoms with E-state index in [2.05, 4.69) is 16.7 Å². The van der Waals surface area contributed by atoms with Crippen molar-refractivity contribution in [2.45, 2.75) is 13.0 Å². The number of nitrogens with zero attached hydrogens (tertiary/aromatic N) is 1. The predicted octanol–water partition coefficient (Wildman–Crippen LogP) is 5.58. The summed E-state index contributed by atoms with van der Waals surface area (Å²) in [5.74, 6) is 0.461. The van der Waals surface area contributed by atoms with Gasteiger partial charge in [0, 0.05) is 5.69 Å². The van der Waals surface area contributed by atoms with Crippen LogP contribution in [0.2, 0.25) is 5.02 Å². The summed E-state index contributed by atoms with van der Waals surface area (Å²) in [6.07, 6.45) is 0. The van der Waals surface area contributed by atoms with Gasteiger partial charge in [-0.05, 0) is 73.7 Å². The van der Waals surface area contributed by atoms with Crippen molar-refractivity contribution < 1.29 is 13.9 Å². The smallest absolute Gasteiger partial charge is 0.246 e. The van der Waals surface area contributed by atoms with Crippen LogP contribution in [-0.2, 0) is 4.79 Å². The van der Waals surface area contributed by atoms with Crippen molar-refractivity contribution in [3.05, 3.63) is 83.1 Å². The third-order valence-corrected chi connectivity index (χ3v) is 4.35. The number of rotatable bonds is 6. The van der Waals surface area contributed by atoms with E-state index in [0.717, 1.165) is 11.8 Å². The normalized spacial score (nSPS) is 11.2. The molecule has 3 aromatic carbocycles. The maximum atomic E-state index is 13.1. The molecule has 0 saturated carbocycles. The molecule has 3 aromatic rings. The Balaban J connectivity index is 1.58. The number of anilines is 2. The molecule has 1 unspecified atom stereocenters. The molecule has 0 fully saturated rings. The van der Waals surface area contributed by atoms with Gasteiger partial charge in [0.05, 0.1) is 22.3 Å². The van der Waals surface area contributed by atoms with Crippen LogP contribution < -0.4 is 15.4 Å². The lowest BCUT2D eigenvalue weighted by atomic mass is 10.2. The van der Waals surface area contributed by atoms with E-state index >= 15 is 0 Å². The zero-order chi connectivity index (χ0) is 20.8. The number of hydrogen-bond donors (Lipinski definition) is 2. The first-order valence-corrected chi connectivity index (χ1v) is 9.13. The highest BCUT2D eigenvalue weighted by Crippen LogP contribution is 2.25. The Hall–Kier alpha value is -3.56. The van der Waals surface area contributed by atoms with Crippen molar-refractivity contribution in [2.24, 2.45) is 0 Å². The maximum Gasteiger partial charge on any atom is 0.246 e. The lowest BCUT2D eigenvalue weighted by Crippen LogP contribution is -2.31. The van der Waals surface area contributed by atoms with E-state index in [0.29, 0.717) is 22.7 Å². The molecule has 3 rings (SSSR count). The Morgan fingerprint density at radius 2 is 1.69 bits per heavy atom. The van der Waals surface area contributed by atoms with Gasteiger partial charge in [-0.3, -0.25) is 4.79 Å². The summed E-state index contributed by atoms with van der Waals surface area (Å²) in [7, 11) is 0. The summed E-state index contributed by atoms with van der Waals surface area (Å²) >= 11 is 5.93. The lowest BCUT2D eigenvalue weighted by Gasteiger charge is -2.16. The Morgan fingerprint density at radius 3 is 2.28 bits per heavy atom. The molecule has 2 N–H and O–H groups in total. The fraction of sp³-hybridized carbons (Fsp3) is 0.0909.